The number of aliphatic hydroxyl groups excluding tert-OH is 1. The Labute approximate surface area is 122 Å². The van der Waals surface area contributed by atoms with Crippen molar-refractivity contribution in [3.05, 3.63) is 39.0 Å². The van der Waals surface area contributed by atoms with Gasteiger partial charge in [0.15, 0.2) is 0 Å². The molecule has 0 aliphatic carbocycles. The molecule has 0 aromatic carbocycles. The van der Waals surface area contributed by atoms with E-state index < -0.39 is 42.6 Å². The van der Waals surface area contributed by atoms with E-state index in [1.54, 1.807) is 6.07 Å². The fourth-order valence-electron chi connectivity index (χ4n) is 2.19. The molecule has 1 N–H and O–H groups in total. The molecule has 2 heterocycles. The summed E-state index contributed by atoms with van der Waals surface area (Å²) in [7, 11) is 0. The van der Waals surface area contributed by atoms with E-state index in [1.165, 1.54) is 23.0 Å². The summed E-state index contributed by atoms with van der Waals surface area (Å²) < 4.78 is 28.1. The van der Waals surface area contributed by atoms with Gasteiger partial charge in [0, 0.05) is 0 Å². The number of rotatable bonds is 3. The summed E-state index contributed by atoms with van der Waals surface area (Å²) in [5.74, 6) is -3.52. The average molecular weight is 380 g/mol. The molecule has 20 heavy (non-hydrogen) atoms. The third kappa shape index (κ3) is 2.76. The van der Waals surface area contributed by atoms with Crippen molar-refractivity contribution in [2.45, 2.75) is 23.1 Å². The van der Waals surface area contributed by atoms with E-state index in [1.807, 2.05) is 6.07 Å². The van der Waals surface area contributed by atoms with Gasteiger partial charge in [0.25, 0.3) is 0 Å². The summed E-state index contributed by atoms with van der Waals surface area (Å²) in [5, 5.41) is 18.0. The molecular weight excluding hydrogens is 369 g/mol. The molecule has 4 nitrogen and oxygen atoms in total. The van der Waals surface area contributed by atoms with Gasteiger partial charge in [0.1, 0.15) is 0 Å². The molecule has 0 bridgehead atoms. The van der Waals surface area contributed by atoms with E-state index in [2.05, 4.69) is 4.98 Å². The van der Waals surface area contributed by atoms with Gasteiger partial charge >= 0.3 is 122 Å². The molecule has 1 aromatic rings. The Balaban J connectivity index is 2.22. The van der Waals surface area contributed by atoms with Gasteiger partial charge in [-0.3, -0.25) is 0 Å². The molecule has 0 saturated carbocycles. The number of carbonyl (C=O) groups excluding carboxylic acids is 1. The van der Waals surface area contributed by atoms with Gasteiger partial charge in [0.05, 0.1) is 0 Å². The van der Waals surface area contributed by atoms with Crippen LogP contribution in [0.5, 0.6) is 0 Å². The molecule has 0 saturated heterocycles. The van der Waals surface area contributed by atoms with E-state index in [-0.39, 0.29) is 9.87 Å². The van der Waals surface area contributed by atoms with Crippen molar-refractivity contribution < 1.29 is 18.7 Å². The number of carbonyl (C=O) groups is 1. The van der Waals surface area contributed by atoms with Crippen LogP contribution in [0.1, 0.15) is 18.2 Å². The predicted octanol–water partition coefficient (Wildman–Crippen LogP) is 1.13. The van der Waals surface area contributed by atoms with Crippen LogP contribution in [0.3, 0.4) is 0 Å². The van der Waals surface area contributed by atoms with Gasteiger partial charge < -0.3 is 0 Å². The van der Waals surface area contributed by atoms with Crippen LogP contribution in [0.2, 0.25) is 0 Å². The Morgan fingerprint density at radius 1 is 1.55 bits per heavy atom. The first-order chi connectivity index (χ1) is 9.36. The van der Waals surface area contributed by atoms with Crippen LogP contribution in [-0.4, -0.2) is 47.1 Å². The Hall–Kier alpha value is -1.26. The molecule has 0 amide bonds. The number of nitriles is 1. The molecular formula is C13H11F2InN2O2. The third-order valence-electron chi connectivity index (χ3n) is 3.23. The first-order valence-electron chi connectivity index (χ1n) is 6.03. The second kappa shape index (κ2) is 5.62. The average Bonchev–Trinajstić information content (AvgIpc) is 2.63. The molecule has 0 unspecified atom stereocenters. The fraction of sp³-hybridized carbons (Fsp3) is 0.308. The van der Waals surface area contributed by atoms with Gasteiger partial charge in [-0.15, -0.1) is 0 Å². The molecule has 1 aliphatic rings. The van der Waals surface area contributed by atoms with Crippen molar-refractivity contribution in [3.8, 4) is 6.07 Å². The SMILES string of the molecule is C[C@H](O)C1=[CH][In]([CH2]c2ccc(C#N)nc2)[C](=O)C1(F)F. The van der Waals surface area contributed by atoms with Gasteiger partial charge in [-0.1, -0.05) is 0 Å². The van der Waals surface area contributed by atoms with Crippen LogP contribution in [0.15, 0.2) is 27.7 Å². The number of aliphatic hydroxyl groups is 1. The monoisotopic (exact) mass is 380 g/mol. The van der Waals surface area contributed by atoms with Gasteiger partial charge in [-0.05, 0) is 0 Å². The van der Waals surface area contributed by atoms with Gasteiger partial charge in [-0.2, -0.15) is 0 Å². The first-order valence-corrected chi connectivity index (χ1v) is 11.9. The summed E-state index contributed by atoms with van der Waals surface area (Å²) in [6.07, 6.45) is 0.129. The van der Waals surface area contributed by atoms with E-state index in [0.29, 0.717) is 5.56 Å². The van der Waals surface area contributed by atoms with E-state index in [4.69, 9.17) is 5.26 Å². The minimum atomic E-state index is -3.52. The van der Waals surface area contributed by atoms with Crippen LogP contribution in [0.25, 0.3) is 0 Å². The summed E-state index contributed by atoms with van der Waals surface area (Å²) in [6, 6.07) is 4.99. The molecule has 0 fully saturated rings. The standard InChI is InChI=1S/C7H5N2.C6H6F2O2.In/c1-6-2-3-7(4-8)9-5-6;1-4(5(2)10)6(7,8)3-9;/h2-3,5H,1H2;1,5,10H,2H3;/t;5-;/m.0./s1. The van der Waals surface area contributed by atoms with Crippen LogP contribution in [0.4, 0.5) is 8.78 Å². The van der Waals surface area contributed by atoms with Crippen LogP contribution < -0.4 is 0 Å². The third-order valence-corrected chi connectivity index (χ3v) is 11.0. The van der Waals surface area contributed by atoms with Crippen LogP contribution in [0, 0.1) is 11.3 Å². The van der Waals surface area contributed by atoms with Crippen molar-refractivity contribution in [1.82, 2.24) is 4.98 Å². The molecule has 2 rings (SSSR count). The summed E-state index contributed by atoms with van der Waals surface area (Å²) in [6.45, 7) is 1.24. The number of alkyl halides is 2. The Morgan fingerprint density at radius 2 is 2.25 bits per heavy atom. The van der Waals surface area contributed by atoms with Crippen molar-refractivity contribution in [3.63, 3.8) is 0 Å². The zero-order chi connectivity index (χ0) is 14.9. The second-order valence-corrected chi connectivity index (χ2v) is 11.8. The molecule has 0 radical (unpaired) electrons. The first kappa shape index (κ1) is 15.1. The Morgan fingerprint density at radius 3 is 2.70 bits per heavy atom. The number of hydrogen-bond acceptors (Lipinski definition) is 4. The molecule has 0 spiro atoms. The second-order valence-electron chi connectivity index (χ2n) is 4.71. The maximum atomic E-state index is 13.7. The van der Waals surface area contributed by atoms with Crippen molar-refractivity contribution >= 4 is 25.0 Å². The number of hydrogen-bond donors (Lipinski definition) is 1. The van der Waals surface area contributed by atoms with E-state index in [0.717, 1.165) is 0 Å². The summed E-state index contributed by atoms with van der Waals surface area (Å²) >= 11 is -3.28. The normalized spacial score (nSPS) is 18.6. The predicted molar refractivity (Wildman–Crippen MR) is 68.1 cm³/mol. The van der Waals surface area contributed by atoms with Gasteiger partial charge in [-0.25, -0.2) is 0 Å². The van der Waals surface area contributed by atoms with Crippen LogP contribution >= 0.6 is 0 Å². The zero-order valence-electron chi connectivity index (χ0n) is 10.7. The molecule has 7 heteroatoms. The minimum absolute atomic E-state index is 0.243. The maximum absolute atomic E-state index is 13.7. The molecule has 1 atom stereocenters. The number of aromatic nitrogens is 1. The van der Waals surface area contributed by atoms with Gasteiger partial charge in [0.2, 0.25) is 0 Å². The fourth-order valence-corrected chi connectivity index (χ4v) is 10.1. The van der Waals surface area contributed by atoms with E-state index in [9.17, 15) is 18.7 Å². The van der Waals surface area contributed by atoms with Crippen LogP contribution in [-0.2, 0) is 8.97 Å². The van der Waals surface area contributed by atoms with E-state index >= 15 is 0 Å². The Bertz CT molecular complexity index is 606. The number of nitrogens with zero attached hydrogens (tertiary/aromatic N) is 2. The summed E-state index contributed by atoms with van der Waals surface area (Å²) in [5.41, 5.74) is 0.467. The molecule has 102 valence electrons. The summed E-state index contributed by atoms with van der Waals surface area (Å²) in [4.78, 5) is 15.6. The topological polar surface area (TPSA) is 74.0 Å². The number of halogens is 2. The van der Waals surface area contributed by atoms with Crippen molar-refractivity contribution in [2.75, 3.05) is 0 Å². The Kier molecular flexibility index (Phi) is 4.25. The quantitative estimate of drug-likeness (QED) is 0.854. The molecule has 1 aromatic heterocycles. The molecule has 1 aliphatic heterocycles. The number of pyridine rings is 1. The van der Waals surface area contributed by atoms with Crippen molar-refractivity contribution in [1.29, 1.82) is 5.26 Å². The zero-order valence-corrected chi connectivity index (χ0v) is 14.0. The van der Waals surface area contributed by atoms with Crippen molar-refractivity contribution in [2.24, 2.45) is 0 Å².